The lowest BCUT2D eigenvalue weighted by Gasteiger charge is -2.02. The summed E-state index contributed by atoms with van der Waals surface area (Å²) >= 11 is 3.12. The fourth-order valence-corrected chi connectivity index (χ4v) is 1.13. The van der Waals surface area contributed by atoms with Gasteiger partial charge >= 0.3 is 0 Å². The maximum Gasteiger partial charge on any atom is 0.252 e. The normalized spacial score (nSPS) is 9.14. The molecule has 14 heavy (non-hydrogen) atoms. The summed E-state index contributed by atoms with van der Waals surface area (Å²) in [5, 5.41) is 11.8. The number of benzene rings is 1. The zero-order chi connectivity index (χ0) is 10.6. The maximum absolute atomic E-state index is 11.3. The van der Waals surface area contributed by atoms with Crippen molar-refractivity contribution in [1.29, 1.82) is 0 Å². The predicted octanol–water partition coefficient (Wildman–Crippen LogP) is 1.52. The molecule has 1 aromatic rings. The van der Waals surface area contributed by atoms with Gasteiger partial charge in [0.15, 0.2) is 0 Å². The molecule has 72 valence electrons. The van der Waals surface area contributed by atoms with Crippen LogP contribution in [0.25, 0.3) is 0 Å². The fourth-order valence-electron chi connectivity index (χ4n) is 0.887. The lowest BCUT2D eigenvalue weighted by Crippen LogP contribution is -2.23. The van der Waals surface area contributed by atoms with Gasteiger partial charge in [-0.05, 0) is 34.1 Å². The molecule has 3 nitrogen and oxygen atoms in total. The van der Waals surface area contributed by atoms with Gasteiger partial charge in [0.2, 0.25) is 0 Å². The first-order valence-electron chi connectivity index (χ1n) is 3.85. The second-order valence-electron chi connectivity index (χ2n) is 2.55. The van der Waals surface area contributed by atoms with Crippen molar-refractivity contribution in [2.24, 2.45) is 0 Å². The quantitative estimate of drug-likeness (QED) is 0.786. The Labute approximate surface area is 90.3 Å². The lowest BCUT2D eigenvalue weighted by atomic mass is 10.2. The van der Waals surface area contributed by atoms with E-state index in [9.17, 15) is 9.90 Å². The highest BCUT2D eigenvalue weighted by atomic mass is 79.9. The summed E-state index contributed by atoms with van der Waals surface area (Å²) in [5.74, 6) is 2.02. The van der Waals surface area contributed by atoms with E-state index >= 15 is 0 Å². The minimum Gasteiger partial charge on any atom is -0.507 e. The number of rotatable bonds is 2. The summed E-state index contributed by atoms with van der Waals surface area (Å²) in [6.07, 6.45) is 4.99. The Balaban J connectivity index is 2.82. The molecular weight excluding hydrogens is 246 g/mol. The number of phenolic OH excluding ortho intramolecular Hbond substituents is 1. The van der Waals surface area contributed by atoms with Crippen LogP contribution in [0.5, 0.6) is 5.75 Å². The van der Waals surface area contributed by atoms with Crippen molar-refractivity contribution in [1.82, 2.24) is 5.32 Å². The van der Waals surface area contributed by atoms with E-state index in [1.165, 1.54) is 6.07 Å². The van der Waals surface area contributed by atoms with Gasteiger partial charge in [-0.2, -0.15) is 0 Å². The Hall–Kier alpha value is -1.47. The van der Waals surface area contributed by atoms with E-state index < -0.39 is 0 Å². The number of phenols is 1. The van der Waals surface area contributed by atoms with Gasteiger partial charge in [-0.3, -0.25) is 4.79 Å². The van der Waals surface area contributed by atoms with E-state index in [1.807, 2.05) is 0 Å². The molecule has 0 unspecified atom stereocenters. The van der Waals surface area contributed by atoms with Gasteiger partial charge in [-0.15, -0.1) is 6.42 Å². The van der Waals surface area contributed by atoms with Crippen LogP contribution in [0, 0.1) is 12.3 Å². The highest BCUT2D eigenvalue weighted by Crippen LogP contribution is 2.24. The average Bonchev–Trinajstić information content (AvgIpc) is 2.18. The van der Waals surface area contributed by atoms with Crippen molar-refractivity contribution >= 4 is 21.8 Å². The van der Waals surface area contributed by atoms with Crippen LogP contribution in [0.1, 0.15) is 10.4 Å². The minimum absolute atomic E-state index is 0.0263. The molecule has 0 aliphatic carbocycles. The smallest absolute Gasteiger partial charge is 0.252 e. The first-order chi connectivity index (χ1) is 6.65. The summed E-state index contributed by atoms with van der Waals surface area (Å²) in [6, 6.07) is 4.56. The van der Waals surface area contributed by atoms with Gasteiger partial charge in [0.05, 0.1) is 11.0 Å². The molecule has 1 rings (SSSR count). The van der Waals surface area contributed by atoms with Gasteiger partial charge in [-0.25, -0.2) is 0 Å². The Kier molecular flexibility index (Phi) is 3.55. The molecule has 2 N–H and O–H groups in total. The second kappa shape index (κ2) is 4.68. The molecular formula is C10H8BrNO2. The van der Waals surface area contributed by atoms with Gasteiger partial charge < -0.3 is 10.4 Å². The van der Waals surface area contributed by atoms with Crippen molar-refractivity contribution < 1.29 is 9.90 Å². The van der Waals surface area contributed by atoms with Crippen molar-refractivity contribution in [2.45, 2.75) is 0 Å². The van der Waals surface area contributed by atoms with Crippen LogP contribution in [0.2, 0.25) is 0 Å². The first-order valence-corrected chi connectivity index (χ1v) is 4.64. The fraction of sp³-hybridized carbons (Fsp3) is 0.100. The Morgan fingerprint density at radius 2 is 2.36 bits per heavy atom. The van der Waals surface area contributed by atoms with E-state index in [-0.39, 0.29) is 18.2 Å². The molecule has 0 aliphatic heterocycles. The van der Waals surface area contributed by atoms with Crippen molar-refractivity contribution in [3.63, 3.8) is 0 Å². The highest BCUT2D eigenvalue weighted by Gasteiger charge is 2.06. The molecule has 0 saturated heterocycles. The summed E-state index contributed by atoms with van der Waals surface area (Å²) in [5.41, 5.74) is 0.376. The summed E-state index contributed by atoms with van der Waals surface area (Å²) in [4.78, 5) is 11.3. The average molecular weight is 254 g/mol. The molecule has 0 heterocycles. The van der Waals surface area contributed by atoms with Crippen LogP contribution in [0.15, 0.2) is 22.7 Å². The minimum atomic E-state index is -0.300. The first kappa shape index (κ1) is 10.6. The highest BCUT2D eigenvalue weighted by molar-refractivity contribution is 9.10. The maximum atomic E-state index is 11.3. The summed E-state index contributed by atoms with van der Waals surface area (Å²) in [7, 11) is 0. The number of carbonyl (C=O) groups excluding carboxylic acids is 1. The lowest BCUT2D eigenvalue weighted by molar-refractivity contribution is 0.0958. The number of hydrogen-bond acceptors (Lipinski definition) is 2. The molecule has 0 spiro atoms. The summed E-state index contributed by atoms with van der Waals surface area (Å²) < 4.78 is 0.547. The third kappa shape index (κ3) is 2.51. The number of aromatic hydroxyl groups is 1. The Morgan fingerprint density at radius 1 is 1.64 bits per heavy atom. The SMILES string of the molecule is C#CCNC(=O)c1ccc(Br)c(O)c1. The number of amides is 1. The molecule has 0 fully saturated rings. The molecule has 0 bridgehead atoms. The Bertz CT molecular complexity index is 396. The molecule has 1 aromatic carbocycles. The molecule has 4 heteroatoms. The number of hydrogen-bond donors (Lipinski definition) is 2. The number of carbonyl (C=O) groups is 1. The topological polar surface area (TPSA) is 49.3 Å². The van der Waals surface area contributed by atoms with Crippen LogP contribution < -0.4 is 5.32 Å². The van der Waals surface area contributed by atoms with Gasteiger partial charge in [0, 0.05) is 5.56 Å². The monoisotopic (exact) mass is 253 g/mol. The largest absolute Gasteiger partial charge is 0.507 e. The van der Waals surface area contributed by atoms with Crippen LogP contribution in [0.4, 0.5) is 0 Å². The second-order valence-corrected chi connectivity index (χ2v) is 3.41. The molecule has 0 aromatic heterocycles. The standard InChI is InChI=1S/C10H8BrNO2/c1-2-5-12-10(14)7-3-4-8(11)9(13)6-7/h1,3-4,6,13H,5H2,(H,12,14). The van der Waals surface area contributed by atoms with E-state index in [0.29, 0.717) is 10.0 Å². The van der Waals surface area contributed by atoms with E-state index in [0.717, 1.165) is 0 Å². The van der Waals surface area contributed by atoms with Crippen molar-refractivity contribution in [2.75, 3.05) is 6.54 Å². The third-order valence-corrected chi connectivity index (χ3v) is 2.23. The zero-order valence-corrected chi connectivity index (χ0v) is 8.84. The van der Waals surface area contributed by atoms with Crippen LogP contribution in [0.3, 0.4) is 0 Å². The Morgan fingerprint density at radius 3 is 2.93 bits per heavy atom. The van der Waals surface area contributed by atoms with Gasteiger partial charge in [0.1, 0.15) is 5.75 Å². The van der Waals surface area contributed by atoms with Gasteiger partial charge in [-0.1, -0.05) is 5.92 Å². The van der Waals surface area contributed by atoms with E-state index in [1.54, 1.807) is 12.1 Å². The molecule has 0 aliphatic rings. The van der Waals surface area contributed by atoms with Crippen LogP contribution in [-0.4, -0.2) is 17.6 Å². The number of terminal acetylenes is 1. The molecule has 0 saturated carbocycles. The van der Waals surface area contributed by atoms with Gasteiger partial charge in [0.25, 0.3) is 5.91 Å². The van der Waals surface area contributed by atoms with Crippen molar-refractivity contribution in [3.05, 3.63) is 28.2 Å². The zero-order valence-electron chi connectivity index (χ0n) is 7.25. The number of halogens is 1. The molecule has 0 radical (unpaired) electrons. The van der Waals surface area contributed by atoms with E-state index in [2.05, 4.69) is 27.2 Å². The van der Waals surface area contributed by atoms with Crippen LogP contribution >= 0.6 is 15.9 Å². The number of nitrogens with one attached hydrogen (secondary N) is 1. The third-order valence-electron chi connectivity index (χ3n) is 1.56. The van der Waals surface area contributed by atoms with Crippen LogP contribution in [-0.2, 0) is 0 Å². The summed E-state index contributed by atoms with van der Waals surface area (Å²) in [6.45, 7) is 0.176. The molecule has 1 amide bonds. The molecule has 0 atom stereocenters. The van der Waals surface area contributed by atoms with E-state index in [4.69, 9.17) is 6.42 Å². The van der Waals surface area contributed by atoms with Crippen molar-refractivity contribution in [3.8, 4) is 18.1 Å². The predicted molar refractivity (Wildman–Crippen MR) is 57.0 cm³/mol.